The number of thiophene rings is 1. The van der Waals surface area contributed by atoms with E-state index in [9.17, 15) is 13.2 Å². The molecule has 0 unspecified atom stereocenters. The average Bonchev–Trinajstić information content (AvgIpc) is 2.88. The van der Waals surface area contributed by atoms with Crippen LogP contribution in [-0.2, 0) is 27.8 Å². The van der Waals surface area contributed by atoms with Crippen molar-refractivity contribution in [2.45, 2.75) is 17.2 Å². The summed E-state index contributed by atoms with van der Waals surface area (Å²) in [6.07, 6.45) is 0.115. The third-order valence-electron chi connectivity index (χ3n) is 2.74. The van der Waals surface area contributed by atoms with Gasteiger partial charge >= 0.3 is 0 Å². The van der Waals surface area contributed by atoms with Crippen molar-refractivity contribution in [2.75, 3.05) is 0 Å². The minimum Gasteiger partial charge on any atom is -0.351 e. The second-order valence-electron chi connectivity index (χ2n) is 4.45. The van der Waals surface area contributed by atoms with Gasteiger partial charge in [-0.3, -0.25) is 4.79 Å². The topological polar surface area (TPSA) is 89.3 Å². The first kappa shape index (κ1) is 17.2. The fraction of sp³-hybridized carbons (Fsp3) is 0.154. The van der Waals surface area contributed by atoms with Crippen LogP contribution in [0.25, 0.3) is 0 Å². The molecule has 3 N–H and O–H groups in total. The van der Waals surface area contributed by atoms with E-state index in [4.69, 9.17) is 28.3 Å². The van der Waals surface area contributed by atoms with E-state index in [1.807, 2.05) is 0 Å². The first-order chi connectivity index (χ1) is 10.3. The summed E-state index contributed by atoms with van der Waals surface area (Å²) in [5.74, 6) is -0.227. The molecule has 22 heavy (non-hydrogen) atoms. The lowest BCUT2D eigenvalue weighted by atomic mass is 10.1. The van der Waals surface area contributed by atoms with Crippen molar-refractivity contribution < 1.29 is 13.2 Å². The fourth-order valence-electron chi connectivity index (χ4n) is 1.69. The molecule has 1 amide bonds. The molecule has 5 nitrogen and oxygen atoms in total. The van der Waals surface area contributed by atoms with Crippen molar-refractivity contribution in [1.29, 1.82) is 0 Å². The molecule has 0 aliphatic carbocycles. The van der Waals surface area contributed by atoms with E-state index in [1.165, 1.54) is 6.07 Å². The summed E-state index contributed by atoms with van der Waals surface area (Å²) >= 11 is 12.8. The summed E-state index contributed by atoms with van der Waals surface area (Å²) < 4.78 is 22.4. The maximum atomic E-state index is 11.9. The Morgan fingerprint density at radius 1 is 1.23 bits per heavy atom. The van der Waals surface area contributed by atoms with Gasteiger partial charge in [0.15, 0.2) is 0 Å². The molecule has 9 heteroatoms. The monoisotopic (exact) mass is 378 g/mol. The number of sulfonamides is 1. The van der Waals surface area contributed by atoms with E-state index in [1.54, 1.807) is 24.3 Å². The number of nitrogens with two attached hydrogens (primary N) is 1. The Morgan fingerprint density at radius 3 is 2.55 bits per heavy atom. The van der Waals surface area contributed by atoms with Gasteiger partial charge in [0, 0.05) is 14.9 Å². The largest absolute Gasteiger partial charge is 0.351 e. The number of amides is 1. The minimum absolute atomic E-state index is 0.0671. The van der Waals surface area contributed by atoms with Crippen molar-refractivity contribution >= 4 is 50.5 Å². The molecule has 2 rings (SSSR count). The number of halogens is 2. The summed E-state index contributed by atoms with van der Waals surface area (Å²) in [5, 5.41) is 8.65. The predicted molar refractivity (Wildman–Crippen MR) is 87.7 cm³/mol. The Morgan fingerprint density at radius 2 is 1.95 bits per heavy atom. The van der Waals surface area contributed by atoms with Crippen LogP contribution in [0.4, 0.5) is 0 Å². The number of benzene rings is 1. The van der Waals surface area contributed by atoms with Gasteiger partial charge in [-0.1, -0.05) is 29.3 Å². The van der Waals surface area contributed by atoms with Gasteiger partial charge in [0.05, 0.1) is 13.0 Å². The zero-order chi connectivity index (χ0) is 16.3. The van der Waals surface area contributed by atoms with Crippen molar-refractivity contribution in [3.8, 4) is 0 Å². The third kappa shape index (κ3) is 4.69. The molecule has 0 bridgehead atoms. The molecule has 0 atom stereocenters. The number of primary sulfonamides is 1. The Balaban J connectivity index is 1.94. The molecule has 0 saturated carbocycles. The zero-order valence-corrected chi connectivity index (χ0v) is 14.3. The molecule has 0 aliphatic heterocycles. The minimum atomic E-state index is -3.70. The highest BCUT2D eigenvalue weighted by Gasteiger charge is 2.12. The first-order valence-corrected chi connectivity index (χ1v) is 9.20. The fourth-order valence-corrected chi connectivity index (χ4v) is 3.89. The van der Waals surface area contributed by atoms with Crippen LogP contribution in [0.15, 0.2) is 34.5 Å². The molecular formula is C13H12Cl2N2O3S2. The van der Waals surface area contributed by atoms with Gasteiger partial charge in [0.2, 0.25) is 15.9 Å². The second-order valence-corrected chi connectivity index (χ2v) is 8.26. The summed E-state index contributed by atoms with van der Waals surface area (Å²) in [7, 11) is -3.70. The standard InChI is InChI=1S/C13H12Cl2N2O3S2/c14-9-2-1-8(11(15)6-9)5-12(18)17-7-10-3-4-13(21-10)22(16,19)20/h1-4,6H,5,7H2,(H,17,18)(H2,16,19,20). The Labute approximate surface area is 142 Å². The SMILES string of the molecule is NS(=O)(=O)c1ccc(CNC(=O)Cc2ccc(Cl)cc2Cl)s1. The number of nitrogens with one attached hydrogen (secondary N) is 1. The number of hydrogen-bond acceptors (Lipinski definition) is 4. The van der Waals surface area contributed by atoms with Crippen LogP contribution in [0.3, 0.4) is 0 Å². The Bertz CT molecular complexity index is 803. The van der Waals surface area contributed by atoms with E-state index in [0.717, 1.165) is 11.3 Å². The van der Waals surface area contributed by atoms with Crippen LogP contribution in [0, 0.1) is 0 Å². The van der Waals surface area contributed by atoms with Crippen LogP contribution in [0.5, 0.6) is 0 Å². The van der Waals surface area contributed by atoms with E-state index >= 15 is 0 Å². The lowest BCUT2D eigenvalue weighted by molar-refractivity contribution is -0.120. The molecule has 0 spiro atoms. The molecule has 2 aromatic rings. The van der Waals surface area contributed by atoms with Gasteiger partial charge in [-0.2, -0.15) is 0 Å². The number of carbonyl (C=O) groups is 1. The number of hydrogen-bond donors (Lipinski definition) is 2. The van der Waals surface area contributed by atoms with Gasteiger partial charge in [0.25, 0.3) is 0 Å². The molecule has 1 heterocycles. The Kier molecular flexibility index (Phi) is 5.46. The highest BCUT2D eigenvalue weighted by Crippen LogP contribution is 2.22. The molecule has 118 valence electrons. The normalized spacial score (nSPS) is 11.4. The van der Waals surface area contributed by atoms with E-state index in [0.29, 0.717) is 20.5 Å². The van der Waals surface area contributed by atoms with Crippen LogP contribution in [0.1, 0.15) is 10.4 Å². The molecule has 0 radical (unpaired) electrons. The van der Waals surface area contributed by atoms with Crippen molar-refractivity contribution in [2.24, 2.45) is 5.14 Å². The van der Waals surface area contributed by atoms with Crippen molar-refractivity contribution in [1.82, 2.24) is 5.32 Å². The van der Waals surface area contributed by atoms with Gasteiger partial charge in [-0.05, 0) is 29.8 Å². The smallest absolute Gasteiger partial charge is 0.247 e. The van der Waals surface area contributed by atoms with Gasteiger partial charge < -0.3 is 5.32 Å². The first-order valence-electron chi connectivity index (χ1n) is 6.08. The molecule has 0 aliphatic rings. The lowest BCUT2D eigenvalue weighted by Gasteiger charge is -2.06. The van der Waals surface area contributed by atoms with E-state index in [2.05, 4.69) is 5.32 Å². The number of rotatable bonds is 5. The summed E-state index contributed by atoms with van der Waals surface area (Å²) in [5.41, 5.74) is 0.667. The van der Waals surface area contributed by atoms with Gasteiger partial charge in [-0.15, -0.1) is 11.3 Å². The van der Waals surface area contributed by atoms with Gasteiger partial charge in [0.1, 0.15) is 4.21 Å². The van der Waals surface area contributed by atoms with Crippen LogP contribution < -0.4 is 10.5 Å². The lowest BCUT2D eigenvalue weighted by Crippen LogP contribution is -2.24. The van der Waals surface area contributed by atoms with Crippen LogP contribution >= 0.6 is 34.5 Å². The van der Waals surface area contributed by atoms with E-state index < -0.39 is 10.0 Å². The quantitative estimate of drug-likeness (QED) is 0.837. The third-order valence-corrected chi connectivity index (χ3v) is 5.85. The van der Waals surface area contributed by atoms with E-state index in [-0.39, 0.29) is 23.1 Å². The Hall–Kier alpha value is -1.12. The maximum absolute atomic E-state index is 11.9. The van der Waals surface area contributed by atoms with Crippen LogP contribution in [0.2, 0.25) is 10.0 Å². The number of carbonyl (C=O) groups excluding carboxylic acids is 1. The maximum Gasteiger partial charge on any atom is 0.247 e. The van der Waals surface area contributed by atoms with Gasteiger partial charge in [-0.25, -0.2) is 13.6 Å². The van der Waals surface area contributed by atoms with Crippen molar-refractivity contribution in [3.63, 3.8) is 0 Å². The molecular weight excluding hydrogens is 367 g/mol. The molecule has 1 aromatic carbocycles. The second kappa shape index (κ2) is 6.97. The van der Waals surface area contributed by atoms with Crippen LogP contribution in [-0.4, -0.2) is 14.3 Å². The summed E-state index contributed by atoms with van der Waals surface area (Å²) in [6.45, 7) is 0.226. The van der Waals surface area contributed by atoms with Crippen molar-refractivity contribution in [3.05, 3.63) is 50.8 Å². The molecule has 0 fully saturated rings. The predicted octanol–water partition coefficient (Wildman–Crippen LogP) is 2.56. The highest BCUT2D eigenvalue weighted by atomic mass is 35.5. The highest BCUT2D eigenvalue weighted by molar-refractivity contribution is 7.91. The summed E-state index contributed by atoms with van der Waals surface area (Å²) in [6, 6.07) is 7.95. The summed E-state index contributed by atoms with van der Waals surface area (Å²) in [4.78, 5) is 12.6. The average molecular weight is 379 g/mol. The molecule has 0 saturated heterocycles. The molecule has 1 aromatic heterocycles. The zero-order valence-electron chi connectivity index (χ0n) is 11.2.